The first-order valence-corrected chi connectivity index (χ1v) is 6.00. The van der Waals surface area contributed by atoms with E-state index >= 15 is 0 Å². The molecule has 1 heterocycles. The van der Waals surface area contributed by atoms with Crippen LogP contribution in [0.15, 0.2) is 0 Å². The Hall–Kier alpha value is -1.83. The zero-order valence-corrected chi connectivity index (χ0v) is 10.8. The van der Waals surface area contributed by atoms with Gasteiger partial charge in [-0.3, -0.25) is 4.79 Å². The van der Waals surface area contributed by atoms with Crippen LogP contribution in [-0.2, 0) is 14.3 Å². The maximum Gasteiger partial charge on any atom is 0.326 e. The van der Waals surface area contributed by atoms with E-state index in [9.17, 15) is 14.4 Å². The smallest absolute Gasteiger partial charge is 0.326 e. The number of hydrogen-bond donors (Lipinski definition) is 4. The summed E-state index contributed by atoms with van der Waals surface area (Å²) in [4.78, 5) is 33.3. The van der Waals surface area contributed by atoms with Crippen LogP contribution in [0.1, 0.15) is 26.2 Å². The van der Waals surface area contributed by atoms with E-state index in [1.807, 2.05) is 6.92 Å². The lowest BCUT2D eigenvalue weighted by molar-refractivity contribution is -0.140. The number of carbonyl (C=O) groups is 3. The first-order chi connectivity index (χ1) is 8.82. The predicted octanol–water partition coefficient (Wildman–Crippen LogP) is -0.817. The van der Waals surface area contributed by atoms with Crippen LogP contribution in [-0.4, -0.2) is 47.8 Å². The molecule has 0 radical (unpaired) electrons. The second-order valence-corrected chi connectivity index (χ2v) is 4.83. The average Bonchev–Trinajstić information content (AvgIpc) is 2.27. The van der Waals surface area contributed by atoms with E-state index in [4.69, 9.17) is 15.6 Å². The van der Waals surface area contributed by atoms with Crippen molar-refractivity contribution in [3.8, 4) is 0 Å². The number of rotatable bonds is 5. The van der Waals surface area contributed by atoms with Crippen molar-refractivity contribution in [1.82, 2.24) is 10.6 Å². The van der Waals surface area contributed by atoms with Gasteiger partial charge in [0.1, 0.15) is 6.04 Å². The quantitative estimate of drug-likeness (QED) is 0.520. The van der Waals surface area contributed by atoms with Gasteiger partial charge < -0.3 is 26.2 Å². The lowest BCUT2D eigenvalue weighted by Crippen LogP contribution is -2.56. The van der Waals surface area contributed by atoms with Gasteiger partial charge in [-0.25, -0.2) is 9.59 Å². The number of nitrogens with one attached hydrogen (secondary N) is 2. The Labute approximate surface area is 110 Å². The normalized spacial score (nSPS) is 19.2. The van der Waals surface area contributed by atoms with Crippen molar-refractivity contribution in [1.29, 1.82) is 0 Å². The zero-order valence-electron chi connectivity index (χ0n) is 10.8. The third kappa shape index (κ3) is 5.12. The molecule has 8 heteroatoms. The standard InChI is InChI=1S/C11H19N3O5/c1-11(2-4-19-5-3-11)14-10(18)13-7(9(16)17)6-8(12)15/h7H,2-6H2,1H3,(H2,12,15)(H,16,17)(H2,13,14,18)/t7-/m0/s1. The molecule has 0 unspecified atom stereocenters. The molecule has 0 aliphatic carbocycles. The third-order valence-electron chi connectivity index (χ3n) is 3.02. The molecule has 8 nitrogen and oxygen atoms in total. The molecule has 1 aliphatic heterocycles. The van der Waals surface area contributed by atoms with E-state index in [1.165, 1.54) is 0 Å². The minimum atomic E-state index is -1.32. The SMILES string of the molecule is CC1(NC(=O)N[C@@H](CC(N)=O)C(=O)O)CCOCC1. The molecule has 1 rings (SSSR count). The summed E-state index contributed by atoms with van der Waals surface area (Å²) in [7, 11) is 0. The monoisotopic (exact) mass is 273 g/mol. The number of aliphatic carboxylic acids is 1. The highest BCUT2D eigenvalue weighted by Crippen LogP contribution is 2.19. The van der Waals surface area contributed by atoms with Crippen LogP contribution in [0.25, 0.3) is 0 Å². The lowest BCUT2D eigenvalue weighted by atomic mass is 9.93. The molecule has 0 aromatic rings. The predicted molar refractivity (Wildman–Crippen MR) is 65.4 cm³/mol. The van der Waals surface area contributed by atoms with Crippen LogP contribution < -0.4 is 16.4 Å². The maximum atomic E-state index is 11.7. The van der Waals surface area contributed by atoms with Gasteiger partial charge >= 0.3 is 12.0 Å². The first-order valence-electron chi connectivity index (χ1n) is 6.00. The van der Waals surface area contributed by atoms with E-state index < -0.39 is 35.9 Å². The maximum absolute atomic E-state index is 11.7. The summed E-state index contributed by atoms with van der Waals surface area (Å²) >= 11 is 0. The number of hydrogen-bond acceptors (Lipinski definition) is 4. The minimum Gasteiger partial charge on any atom is -0.480 e. The van der Waals surface area contributed by atoms with Crippen LogP contribution >= 0.6 is 0 Å². The molecule has 3 amide bonds. The summed E-state index contributed by atoms with van der Waals surface area (Å²) < 4.78 is 5.19. The van der Waals surface area contributed by atoms with Crippen LogP contribution in [0.3, 0.4) is 0 Å². The van der Waals surface area contributed by atoms with E-state index in [0.717, 1.165) is 0 Å². The Kier molecular flexibility index (Phi) is 5.11. The van der Waals surface area contributed by atoms with Crippen molar-refractivity contribution in [2.75, 3.05) is 13.2 Å². The van der Waals surface area contributed by atoms with Crippen LogP contribution in [0.5, 0.6) is 0 Å². The topological polar surface area (TPSA) is 131 Å². The molecule has 1 saturated heterocycles. The van der Waals surface area contributed by atoms with Gasteiger partial charge in [-0.2, -0.15) is 0 Å². The fourth-order valence-corrected chi connectivity index (χ4v) is 1.82. The molecule has 19 heavy (non-hydrogen) atoms. The van der Waals surface area contributed by atoms with Gasteiger partial charge in [-0.15, -0.1) is 0 Å². The fraction of sp³-hybridized carbons (Fsp3) is 0.727. The molecule has 1 aliphatic rings. The summed E-state index contributed by atoms with van der Waals surface area (Å²) in [6.45, 7) is 2.94. The van der Waals surface area contributed by atoms with Crippen LogP contribution in [0.2, 0.25) is 0 Å². The molecule has 1 fully saturated rings. The Morgan fingerprint density at radius 1 is 1.37 bits per heavy atom. The van der Waals surface area contributed by atoms with Gasteiger partial charge in [-0.05, 0) is 19.8 Å². The van der Waals surface area contributed by atoms with Crippen molar-refractivity contribution in [2.45, 2.75) is 37.8 Å². The molecular formula is C11H19N3O5. The zero-order chi connectivity index (χ0) is 14.5. The second kappa shape index (κ2) is 6.37. The van der Waals surface area contributed by atoms with E-state index in [-0.39, 0.29) is 0 Å². The van der Waals surface area contributed by atoms with E-state index in [0.29, 0.717) is 26.1 Å². The summed E-state index contributed by atoms with van der Waals surface area (Å²) in [5, 5.41) is 13.8. The van der Waals surface area contributed by atoms with Crippen molar-refractivity contribution in [3.63, 3.8) is 0 Å². The van der Waals surface area contributed by atoms with Gasteiger partial charge in [0.2, 0.25) is 5.91 Å². The fourth-order valence-electron chi connectivity index (χ4n) is 1.82. The van der Waals surface area contributed by atoms with E-state index in [2.05, 4.69) is 10.6 Å². The number of primary amides is 1. The van der Waals surface area contributed by atoms with Crippen molar-refractivity contribution < 1.29 is 24.2 Å². The number of ether oxygens (including phenoxy) is 1. The number of carboxylic acids is 1. The molecule has 0 bridgehead atoms. The summed E-state index contributed by atoms with van der Waals surface area (Å²) in [6.07, 6.45) is 0.852. The third-order valence-corrected chi connectivity index (χ3v) is 3.02. The molecule has 108 valence electrons. The van der Waals surface area contributed by atoms with Gasteiger partial charge in [0.25, 0.3) is 0 Å². The number of nitrogens with two attached hydrogens (primary N) is 1. The van der Waals surface area contributed by atoms with Crippen LogP contribution in [0, 0.1) is 0 Å². The molecule has 1 atom stereocenters. The van der Waals surface area contributed by atoms with Crippen LogP contribution in [0.4, 0.5) is 4.79 Å². The Bertz CT molecular complexity index is 365. The Morgan fingerprint density at radius 3 is 2.42 bits per heavy atom. The first kappa shape index (κ1) is 15.2. The Balaban J connectivity index is 2.52. The molecule has 0 aromatic heterocycles. The van der Waals surface area contributed by atoms with Gasteiger partial charge in [0.05, 0.1) is 6.42 Å². The van der Waals surface area contributed by atoms with E-state index in [1.54, 1.807) is 0 Å². The number of amides is 3. The summed E-state index contributed by atoms with van der Waals surface area (Å²) in [6, 6.07) is -1.95. The largest absolute Gasteiger partial charge is 0.480 e. The Morgan fingerprint density at radius 2 is 1.95 bits per heavy atom. The lowest BCUT2D eigenvalue weighted by Gasteiger charge is -2.34. The molecule has 0 aromatic carbocycles. The summed E-state index contributed by atoms with van der Waals surface area (Å²) in [5.41, 5.74) is 4.49. The second-order valence-electron chi connectivity index (χ2n) is 4.83. The van der Waals surface area contributed by atoms with Gasteiger partial charge in [0, 0.05) is 18.8 Å². The molecule has 0 spiro atoms. The molecule has 0 saturated carbocycles. The number of carboxylic acid groups (broad SMARTS) is 1. The highest BCUT2D eigenvalue weighted by molar-refractivity contribution is 5.87. The van der Waals surface area contributed by atoms with Crippen molar-refractivity contribution in [3.05, 3.63) is 0 Å². The highest BCUT2D eigenvalue weighted by atomic mass is 16.5. The van der Waals surface area contributed by atoms with Crippen molar-refractivity contribution in [2.24, 2.45) is 5.73 Å². The number of carbonyl (C=O) groups excluding carboxylic acids is 2. The van der Waals surface area contributed by atoms with Crippen molar-refractivity contribution >= 4 is 17.9 Å². The minimum absolute atomic E-state index is 0.432. The number of urea groups is 1. The average molecular weight is 273 g/mol. The highest BCUT2D eigenvalue weighted by Gasteiger charge is 2.30. The van der Waals surface area contributed by atoms with Gasteiger partial charge in [-0.1, -0.05) is 0 Å². The summed E-state index contributed by atoms with van der Waals surface area (Å²) in [5.74, 6) is -2.09. The molecular weight excluding hydrogens is 254 g/mol. The molecule has 5 N–H and O–H groups in total. The van der Waals surface area contributed by atoms with Gasteiger partial charge in [0.15, 0.2) is 0 Å².